The van der Waals surface area contributed by atoms with Crippen molar-refractivity contribution in [2.45, 2.75) is 0 Å². The van der Waals surface area contributed by atoms with Gasteiger partial charge in [0.15, 0.2) is 0 Å². The molecule has 1 aliphatic rings. The number of nitrogens with zero attached hydrogens (tertiary/aromatic N) is 1. The average molecular weight is 278 g/mol. The third-order valence-electron chi connectivity index (χ3n) is 2.65. The van der Waals surface area contributed by atoms with Crippen molar-refractivity contribution in [3.05, 3.63) is 34.7 Å². The smallest absolute Gasteiger partial charge is 0.293 e. The van der Waals surface area contributed by atoms with Crippen LogP contribution in [0.5, 0.6) is 5.75 Å². The highest BCUT2D eigenvalue weighted by molar-refractivity contribution is 8.18. The maximum absolute atomic E-state index is 12.0. The van der Waals surface area contributed by atoms with E-state index < -0.39 is 0 Å². The molecule has 2 rings (SSSR count). The lowest BCUT2D eigenvalue weighted by molar-refractivity contribution is -0.122. The summed E-state index contributed by atoms with van der Waals surface area (Å²) in [6.45, 7) is 0.508. The third-order valence-corrected chi connectivity index (χ3v) is 3.56. The van der Waals surface area contributed by atoms with Crippen LogP contribution in [0.15, 0.2) is 29.2 Å². The van der Waals surface area contributed by atoms with Gasteiger partial charge in [0.25, 0.3) is 11.1 Å². The minimum atomic E-state index is -0.300. The monoisotopic (exact) mass is 278 g/mol. The van der Waals surface area contributed by atoms with Gasteiger partial charge in [0.2, 0.25) is 0 Å². The van der Waals surface area contributed by atoms with E-state index in [9.17, 15) is 9.59 Å². The van der Waals surface area contributed by atoms with Gasteiger partial charge in [-0.1, -0.05) is 18.2 Å². The fraction of sp³-hybridized carbons (Fsp3) is 0.231. The second kappa shape index (κ2) is 5.90. The van der Waals surface area contributed by atoms with Crippen LogP contribution < -0.4 is 10.5 Å². The quantitative estimate of drug-likeness (QED) is 0.848. The number of imide groups is 1. The predicted octanol–water partition coefficient (Wildman–Crippen LogP) is 1.69. The first-order valence-electron chi connectivity index (χ1n) is 5.76. The van der Waals surface area contributed by atoms with Crippen LogP contribution in [0.25, 0.3) is 6.08 Å². The minimum Gasteiger partial charge on any atom is -0.496 e. The molecule has 0 aromatic heterocycles. The lowest BCUT2D eigenvalue weighted by Gasteiger charge is -2.09. The van der Waals surface area contributed by atoms with Gasteiger partial charge in [-0.05, 0) is 23.9 Å². The van der Waals surface area contributed by atoms with Gasteiger partial charge in [0.05, 0.1) is 12.0 Å². The number of amides is 2. The van der Waals surface area contributed by atoms with Crippen molar-refractivity contribution < 1.29 is 14.3 Å². The number of carbonyl (C=O) groups excluding carboxylic acids is 2. The van der Waals surface area contributed by atoms with Crippen molar-refractivity contribution in [1.82, 2.24) is 4.90 Å². The molecular weight excluding hydrogens is 264 g/mol. The van der Waals surface area contributed by atoms with Crippen LogP contribution >= 0.6 is 11.8 Å². The molecule has 0 saturated carbocycles. The molecule has 0 radical (unpaired) electrons. The van der Waals surface area contributed by atoms with Gasteiger partial charge in [-0.25, -0.2) is 0 Å². The Morgan fingerprint density at radius 2 is 2.11 bits per heavy atom. The highest BCUT2D eigenvalue weighted by Crippen LogP contribution is 2.33. The molecule has 0 atom stereocenters. The van der Waals surface area contributed by atoms with Gasteiger partial charge in [-0.15, -0.1) is 0 Å². The first-order chi connectivity index (χ1) is 9.17. The molecule has 0 aliphatic carbocycles. The van der Waals surface area contributed by atoms with E-state index in [-0.39, 0.29) is 24.2 Å². The Morgan fingerprint density at radius 1 is 1.37 bits per heavy atom. The molecule has 100 valence electrons. The second-order valence-corrected chi connectivity index (χ2v) is 4.86. The molecule has 1 fully saturated rings. The maximum atomic E-state index is 12.0. The van der Waals surface area contributed by atoms with Crippen LogP contribution in [0.1, 0.15) is 5.56 Å². The van der Waals surface area contributed by atoms with Crippen molar-refractivity contribution in [3.8, 4) is 5.75 Å². The molecule has 2 N–H and O–H groups in total. The topological polar surface area (TPSA) is 72.6 Å². The largest absolute Gasteiger partial charge is 0.496 e. The summed E-state index contributed by atoms with van der Waals surface area (Å²) in [5.41, 5.74) is 6.15. The number of benzene rings is 1. The SMILES string of the molecule is COc1ccccc1C=C1SC(=O)N(CCN)C1=O. The van der Waals surface area contributed by atoms with Crippen molar-refractivity contribution in [2.75, 3.05) is 20.2 Å². The Hall–Kier alpha value is -1.79. The molecule has 1 heterocycles. The molecule has 6 heteroatoms. The van der Waals surface area contributed by atoms with Crippen molar-refractivity contribution in [1.29, 1.82) is 0 Å². The fourth-order valence-electron chi connectivity index (χ4n) is 1.75. The van der Waals surface area contributed by atoms with Crippen molar-refractivity contribution in [2.24, 2.45) is 5.73 Å². The standard InChI is InChI=1S/C13H14N2O3S/c1-18-10-5-3-2-4-9(10)8-11-12(16)15(7-6-14)13(17)19-11/h2-5,8H,6-7,14H2,1H3. The summed E-state index contributed by atoms with van der Waals surface area (Å²) in [6, 6.07) is 7.32. The molecule has 0 unspecified atom stereocenters. The zero-order chi connectivity index (χ0) is 13.8. The van der Waals surface area contributed by atoms with Crippen molar-refractivity contribution >= 4 is 29.0 Å². The lowest BCUT2D eigenvalue weighted by atomic mass is 10.2. The van der Waals surface area contributed by atoms with Gasteiger partial charge in [0.1, 0.15) is 5.75 Å². The van der Waals surface area contributed by atoms with Gasteiger partial charge < -0.3 is 10.5 Å². The summed E-state index contributed by atoms with van der Waals surface area (Å²) in [5.74, 6) is 0.361. The Kier molecular flexibility index (Phi) is 4.24. The summed E-state index contributed by atoms with van der Waals surface area (Å²) in [6.07, 6.45) is 1.67. The van der Waals surface area contributed by atoms with Crippen LogP contribution in [0.4, 0.5) is 4.79 Å². The first kappa shape index (κ1) is 13.6. The molecule has 0 bridgehead atoms. The third kappa shape index (κ3) is 2.80. The van der Waals surface area contributed by atoms with Crippen LogP contribution in [0, 0.1) is 0 Å². The highest BCUT2D eigenvalue weighted by atomic mass is 32.2. The average Bonchev–Trinajstić information content (AvgIpc) is 2.67. The van der Waals surface area contributed by atoms with E-state index >= 15 is 0 Å². The van der Waals surface area contributed by atoms with Crippen LogP contribution in [0.3, 0.4) is 0 Å². The van der Waals surface area contributed by atoms with Crippen LogP contribution in [-0.4, -0.2) is 36.2 Å². The Labute approximate surface area is 115 Å². The lowest BCUT2D eigenvalue weighted by Crippen LogP contribution is -2.33. The van der Waals surface area contributed by atoms with E-state index in [2.05, 4.69) is 0 Å². The number of para-hydroxylation sites is 1. The number of thioether (sulfide) groups is 1. The number of hydrogen-bond acceptors (Lipinski definition) is 5. The molecule has 5 nitrogen and oxygen atoms in total. The Bertz CT molecular complexity index is 542. The van der Waals surface area contributed by atoms with E-state index in [1.54, 1.807) is 19.3 Å². The summed E-state index contributed by atoms with van der Waals surface area (Å²) < 4.78 is 5.21. The summed E-state index contributed by atoms with van der Waals surface area (Å²) in [5, 5.41) is -0.281. The van der Waals surface area contributed by atoms with E-state index in [1.165, 1.54) is 0 Å². The molecule has 0 spiro atoms. The molecule has 19 heavy (non-hydrogen) atoms. The summed E-state index contributed by atoms with van der Waals surface area (Å²) in [4.78, 5) is 25.2. The number of rotatable bonds is 4. The van der Waals surface area contributed by atoms with Crippen LogP contribution in [-0.2, 0) is 4.79 Å². The highest BCUT2D eigenvalue weighted by Gasteiger charge is 2.34. The number of ether oxygens (including phenoxy) is 1. The van der Waals surface area contributed by atoms with Gasteiger partial charge in [-0.2, -0.15) is 0 Å². The predicted molar refractivity (Wildman–Crippen MR) is 74.7 cm³/mol. The number of methoxy groups -OCH3 is 1. The normalized spacial score (nSPS) is 17.4. The molecule has 1 aliphatic heterocycles. The van der Waals surface area contributed by atoms with Gasteiger partial charge in [-0.3, -0.25) is 14.5 Å². The zero-order valence-electron chi connectivity index (χ0n) is 10.5. The summed E-state index contributed by atoms with van der Waals surface area (Å²) in [7, 11) is 1.56. The summed E-state index contributed by atoms with van der Waals surface area (Å²) >= 11 is 0.923. The number of carbonyl (C=O) groups is 2. The zero-order valence-corrected chi connectivity index (χ0v) is 11.3. The van der Waals surface area contributed by atoms with E-state index in [4.69, 9.17) is 10.5 Å². The van der Waals surface area contributed by atoms with Gasteiger partial charge >= 0.3 is 0 Å². The molecule has 1 saturated heterocycles. The fourth-order valence-corrected chi connectivity index (χ4v) is 2.60. The minimum absolute atomic E-state index is 0.244. The number of hydrogen-bond donors (Lipinski definition) is 1. The molecular formula is C13H14N2O3S. The number of nitrogens with two attached hydrogens (primary N) is 1. The molecule has 2 amide bonds. The molecule has 1 aromatic rings. The first-order valence-corrected chi connectivity index (χ1v) is 6.57. The molecule has 1 aromatic carbocycles. The maximum Gasteiger partial charge on any atom is 0.293 e. The Balaban J connectivity index is 2.30. The van der Waals surface area contributed by atoms with E-state index in [1.807, 2.05) is 18.2 Å². The second-order valence-electron chi connectivity index (χ2n) is 3.86. The Morgan fingerprint density at radius 3 is 2.79 bits per heavy atom. The van der Waals surface area contributed by atoms with Crippen molar-refractivity contribution in [3.63, 3.8) is 0 Å². The van der Waals surface area contributed by atoms with Gasteiger partial charge in [0, 0.05) is 18.7 Å². The van der Waals surface area contributed by atoms with Crippen LogP contribution in [0.2, 0.25) is 0 Å². The van der Waals surface area contributed by atoms with E-state index in [0.29, 0.717) is 10.7 Å². The van der Waals surface area contributed by atoms with E-state index in [0.717, 1.165) is 22.2 Å².